The lowest BCUT2D eigenvalue weighted by molar-refractivity contribution is -0.118. The van der Waals surface area contributed by atoms with E-state index in [2.05, 4.69) is 10.6 Å². The van der Waals surface area contributed by atoms with Gasteiger partial charge in [-0.25, -0.2) is 4.79 Å². The van der Waals surface area contributed by atoms with Crippen molar-refractivity contribution >= 4 is 11.9 Å². The van der Waals surface area contributed by atoms with Crippen molar-refractivity contribution in [3.8, 4) is 17.0 Å². The largest absolute Gasteiger partial charge is 0.496 e. The van der Waals surface area contributed by atoms with Crippen LogP contribution in [0.1, 0.15) is 66.9 Å². The van der Waals surface area contributed by atoms with Crippen LogP contribution in [0.4, 0.5) is 0 Å². The number of ether oxygens (including phenoxy) is 2. The lowest BCUT2D eigenvalue weighted by Crippen LogP contribution is -2.46. The van der Waals surface area contributed by atoms with E-state index < -0.39 is 5.97 Å². The highest BCUT2D eigenvalue weighted by atomic mass is 16.5. The second-order valence-electron chi connectivity index (χ2n) is 8.78. The van der Waals surface area contributed by atoms with Crippen molar-refractivity contribution in [2.75, 3.05) is 13.7 Å². The number of methoxy groups -OCH3 is 1. The number of benzene rings is 1. The normalized spacial score (nSPS) is 15.4. The molecule has 2 N–H and O–H groups in total. The molecule has 1 fully saturated rings. The van der Waals surface area contributed by atoms with Crippen LogP contribution >= 0.6 is 0 Å². The molecule has 7 nitrogen and oxygen atoms in total. The number of esters is 1. The van der Waals surface area contributed by atoms with Gasteiger partial charge in [0.25, 0.3) is 0 Å². The summed E-state index contributed by atoms with van der Waals surface area (Å²) < 4.78 is 12.9. The molecule has 4 rings (SSSR count). The van der Waals surface area contributed by atoms with Gasteiger partial charge < -0.3 is 19.8 Å². The molecule has 0 unspecified atom stereocenters. The highest BCUT2D eigenvalue weighted by molar-refractivity contribution is 5.89. The number of nitrogens with zero attached hydrogens (tertiary/aromatic N) is 1. The predicted octanol–water partition coefficient (Wildman–Crippen LogP) is 3.33. The van der Waals surface area contributed by atoms with Gasteiger partial charge in [0.1, 0.15) is 11.3 Å². The van der Waals surface area contributed by atoms with Crippen molar-refractivity contribution in [1.29, 1.82) is 0 Å². The number of carbonyl (C=O) groups is 2. The number of aromatic nitrogens is 1. The summed E-state index contributed by atoms with van der Waals surface area (Å²) >= 11 is 0. The van der Waals surface area contributed by atoms with Gasteiger partial charge in [-0.15, -0.1) is 0 Å². The van der Waals surface area contributed by atoms with Crippen molar-refractivity contribution < 1.29 is 19.1 Å². The number of unbranched alkanes of at least 4 members (excludes halogenated alkanes) is 1. The standard InChI is InChI=1S/C25H30N2O5/c1-3-32-24(30)19-15-27-20(13-21(19)28)18-12-22(31-2)16(7-4-5-8-23(26)29)11-17(18)14-25(27)9-6-10-25/h11-13,15H,3-10,14H2,1-2H3,(H2,26,29). The summed E-state index contributed by atoms with van der Waals surface area (Å²) in [5.74, 6) is -0.0867. The Kier molecular flexibility index (Phi) is 6.09. The van der Waals surface area contributed by atoms with Crippen LogP contribution < -0.4 is 15.9 Å². The minimum atomic E-state index is -0.572. The molecule has 0 bridgehead atoms. The van der Waals surface area contributed by atoms with Crippen LogP contribution in [0.5, 0.6) is 5.75 Å². The van der Waals surface area contributed by atoms with Crippen molar-refractivity contribution in [1.82, 2.24) is 4.57 Å². The first-order chi connectivity index (χ1) is 15.4. The summed E-state index contributed by atoms with van der Waals surface area (Å²) in [6, 6.07) is 5.75. The van der Waals surface area contributed by atoms with Crippen molar-refractivity contribution in [2.24, 2.45) is 5.73 Å². The number of fused-ring (bicyclic) bond motifs is 4. The van der Waals surface area contributed by atoms with E-state index in [0.717, 1.165) is 67.5 Å². The van der Waals surface area contributed by atoms with Gasteiger partial charge in [0.05, 0.1) is 19.4 Å². The molecular weight excluding hydrogens is 408 g/mol. The van der Waals surface area contributed by atoms with Crippen LogP contribution in [0.15, 0.2) is 29.2 Å². The van der Waals surface area contributed by atoms with Crippen LogP contribution in [-0.2, 0) is 27.9 Å². The van der Waals surface area contributed by atoms with Crippen molar-refractivity contribution in [3.05, 3.63) is 51.3 Å². The minimum absolute atomic E-state index is 0.0864. The van der Waals surface area contributed by atoms with E-state index in [-0.39, 0.29) is 29.0 Å². The summed E-state index contributed by atoms with van der Waals surface area (Å²) in [6.45, 7) is 1.96. The molecule has 1 spiro atoms. The van der Waals surface area contributed by atoms with Crippen molar-refractivity contribution in [3.63, 3.8) is 0 Å². The average Bonchev–Trinajstić information content (AvgIpc) is 2.74. The van der Waals surface area contributed by atoms with E-state index in [4.69, 9.17) is 15.2 Å². The number of rotatable bonds is 8. The molecule has 2 aliphatic rings. The fourth-order valence-electron chi connectivity index (χ4n) is 5.00. The van der Waals surface area contributed by atoms with Crippen LogP contribution in [0.3, 0.4) is 0 Å². The number of carbonyl (C=O) groups excluding carboxylic acids is 2. The molecule has 2 heterocycles. The lowest BCUT2D eigenvalue weighted by Gasteiger charge is -2.49. The smallest absolute Gasteiger partial charge is 0.343 e. The first-order valence-corrected chi connectivity index (χ1v) is 11.3. The van der Waals surface area contributed by atoms with Gasteiger partial charge >= 0.3 is 5.97 Å². The number of aryl methyl sites for hydroxylation is 1. The Bertz CT molecular complexity index is 1110. The fourth-order valence-corrected chi connectivity index (χ4v) is 5.00. The summed E-state index contributed by atoms with van der Waals surface area (Å²) in [5.41, 5.74) is 8.98. The van der Waals surface area contributed by atoms with Gasteiger partial charge in [-0.2, -0.15) is 0 Å². The molecule has 32 heavy (non-hydrogen) atoms. The SMILES string of the molecule is CCOC(=O)c1cn2c(cc1=O)-c1cc(OC)c(CCCCC(N)=O)cc1CC21CCC1. The molecule has 0 radical (unpaired) electrons. The van der Waals surface area contributed by atoms with Gasteiger partial charge in [-0.05, 0) is 69.1 Å². The Balaban J connectivity index is 1.76. The summed E-state index contributed by atoms with van der Waals surface area (Å²) in [6.07, 6.45) is 8.44. The zero-order chi connectivity index (χ0) is 22.9. The number of pyridine rings is 1. The molecule has 1 aromatic carbocycles. The minimum Gasteiger partial charge on any atom is -0.496 e. The van der Waals surface area contributed by atoms with Crippen LogP contribution in [0.2, 0.25) is 0 Å². The van der Waals surface area contributed by atoms with Gasteiger partial charge in [-0.1, -0.05) is 6.07 Å². The average molecular weight is 439 g/mol. The van der Waals surface area contributed by atoms with Crippen LogP contribution in [0.25, 0.3) is 11.3 Å². The maximum absolute atomic E-state index is 12.8. The predicted molar refractivity (Wildman–Crippen MR) is 121 cm³/mol. The maximum Gasteiger partial charge on any atom is 0.343 e. The Morgan fingerprint density at radius 3 is 2.59 bits per heavy atom. The monoisotopic (exact) mass is 438 g/mol. The third-order valence-corrected chi connectivity index (χ3v) is 6.76. The van der Waals surface area contributed by atoms with E-state index in [1.165, 1.54) is 5.56 Å². The Labute approximate surface area is 187 Å². The topological polar surface area (TPSA) is 101 Å². The molecular formula is C25H30N2O5. The Hall–Kier alpha value is -3.09. The molecule has 0 saturated heterocycles. The van der Waals surface area contributed by atoms with Crippen LogP contribution in [-0.4, -0.2) is 30.2 Å². The van der Waals surface area contributed by atoms with E-state index in [9.17, 15) is 14.4 Å². The molecule has 7 heteroatoms. The summed E-state index contributed by atoms with van der Waals surface area (Å²) in [4.78, 5) is 36.2. The zero-order valence-electron chi connectivity index (χ0n) is 18.7. The van der Waals surface area contributed by atoms with Gasteiger partial charge in [0, 0.05) is 29.8 Å². The second kappa shape index (κ2) is 8.81. The number of primary amides is 1. The molecule has 170 valence electrons. The van der Waals surface area contributed by atoms with Gasteiger partial charge in [-0.3, -0.25) is 9.59 Å². The highest BCUT2D eigenvalue weighted by Crippen LogP contribution is 2.49. The third-order valence-electron chi connectivity index (χ3n) is 6.76. The molecule has 2 aromatic rings. The zero-order valence-corrected chi connectivity index (χ0v) is 18.7. The van der Waals surface area contributed by atoms with E-state index in [1.54, 1.807) is 26.3 Å². The number of hydrogen-bond acceptors (Lipinski definition) is 5. The molecule has 1 aliphatic heterocycles. The number of hydrogen-bond donors (Lipinski definition) is 1. The fraction of sp³-hybridized carbons (Fsp3) is 0.480. The van der Waals surface area contributed by atoms with Gasteiger partial charge in [0.2, 0.25) is 5.91 Å². The molecule has 1 aromatic heterocycles. The quantitative estimate of drug-likeness (QED) is 0.503. The van der Waals surface area contributed by atoms with Gasteiger partial charge in [0.15, 0.2) is 5.43 Å². The second-order valence-corrected chi connectivity index (χ2v) is 8.78. The van der Waals surface area contributed by atoms with Crippen molar-refractivity contribution in [2.45, 2.75) is 63.8 Å². The first-order valence-electron chi connectivity index (χ1n) is 11.3. The molecule has 0 atom stereocenters. The Morgan fingerprint density at radius 1 is 1.19 bits per heavy atom. The summed E-state index contributed by atoms with van der Waals surface area (Å²) in [5, 5.41) is 0. The first kappa shape index (κ1) is 22.1. The Morgan fingerprint density at radius 2 is 1.97 bits per heavy atom. The van der Waals surface area contributed by atoms with E-state index in [0.29, 0.717) is 6.42 Å². The maximum atomic E-state index is 12.8. The molecule has 1 saturated carbocycles. The summed E-state index contributed by atoms with van der Waals surface area (Å²) in [7, 11) is 1.64. The number of nitrogens with two attached hydrogens (primary N) is 1. The molecule has 1 aliphatic carbocycles. The highest BCUT2D eigenvalue weighted by Gasteiger charge is 2.43. The van der Waals surface area contributed by atoms with Crippen LogP contribution in [0, 0.1) is 0 Å². The lowest BCUT2D eigenvalue weighted by atomic mass is 9.69. The number of amides is 1. The molecule has 1 amide bonds. The third kappa shape index (κ3) is 3.92. The van der Waals surface area contributed by atoms with E-state index in [1.807, 2.05) is 6.07 Å². The van der Waals surface area contributed by atoms with E-state index >= 15 is 0 Å².